The highest BCUT2D eigenvalue weighted by molar-refractivity contribution is 5.80. The molecule has 182 valence electrons. The Kier molecular flexibility index (Phi) is 6.28. The van der Waals surface area contributed by atoms with Gasteiger partial charge in [0.1, 0.15) is 0 Å². The monoisotopic (exact) mass is 462 g/mol. The lowest BCUT2D eigenvalue weighted by atomic mass is 9.77. The standard InChI is InChI=1S/C35H42/c1-22-15-25(4)32(18-27-13-14-35(6,7)21-27)34(16-22)30-10-8-9-29-17-28(20-33(29)30)19-31-24(3)12-11-23(2)26(31)5/h8-12,15-17,23,27,31H,3,5,13-14,18-21H2,1-2,4,6-7H3/t23?,27-,31?/m0/s1. The van der Waals surface area contributed by atoms with Crippen molar-refractivity contribution in [3.8, 4) is 11.1 Å². The van der Waals surface area contributed by atoms with E-state index in [-0.39, 0.29) is 0 Å². The molecular weight excluding hydrogens is 420 g/mol. The molecule has 1 fully saturated rings. The van der Waals surface area contributed by atoms with E-state index < -0.39 is 0 Å². The first-order valence-electron chi connectivity index (χ1n) is 13.6. The number of rotatable bonds is 5. The molecule has 0 N–H and O–H groups in total. The van der Waals surface area contributed by atoms with Gasteiger partial charge in [0.15, 0.2) is 0 Å². The van der Waals surface area contributed by atoms with E-state index in [4.69, 9.17) is 0 Å². The Bertz CT molecular complexity index is 1250. The van der Waals surface area contributed by atoms with Crippen LogP contribution in [0.15, 0.2) is 72.4 Å². The Morgan fingerprint density at radius 1 is 1.03 bits per heavy atom. The highest BCUT2D eigenvalue weighted by atomic mass is 14.4. The third-order valence-corrected chi connectivity index (χ3v) is 8.99. The van der Waals surface area contributed by atoms with Gasteiger partial charge in [0.2, 0.25) is 0 Å². The number of fused-ring (bicyclic) bond motifs is 1. The molecule has 0 bridgehead atoms. The molecule has 0 amide bonds. The Morgan fingerprint density at radius 3 is 2.57 bits per heavy atom. The van der Waals surface area contributed by atoms with Gasteiger partial charge >= 0.3 is 0 Å². The van der Waals surface area contributed by atoms with Crippen molar-refractivity contribution >= 4 is 6.08 Å². The average Bonchev–Trinajstić information content (AvgIpc) is 3.37. The molecule has 1 saturated carbocycles. The highest BCUT2D eigenvalue weighted by Gasteiger charge is 2.32. The Hall–Kier alpha value is -2.60. The predicted octanol–water partition coefficient (Wildman–Crippen LogP) is 9.60. The summed E-state index contributed by atoms with van der Waals surface area (Å²) in [5.41, 5.74) is 14.8. The molecule has 0 nitrogen and oxygen atoms in total. The molecule has 0 radical (unpaired) electrons. The normalized spacial score (nSPS) is 25.2. The summed E-state index contributed by atoms with van der Waals surface area (Å²) in [6, 6.07) is 11.8. The van der Waals surface area contributed by atoms with E-state index in [0.29, 0.717) is 17.3 Å². The van der Waals surface area contributed by atoms with E-state index in [1.54, 1.807) is 5.56 Å². The molecule has 0 aromatic heterocycles. The highest BCUT2D eigenvalue weighted by Crippen LogP contribution is 2.45. The van der Waals surface area contributed by atoms with Crippen molar-refractivity contribution in [2.45, 2.75) is 73.1 Å². The largest absolute Gasteiger partial charge is 0.0986 e. The third kappa shape index (κ3) is 4.77. The molecule has 3 aliphatic carbocycles. The Morgan fingerprint density at radius 2 is 1.83 bits per heavy atom. The number of aryl methyl sites for hydroxylation is 2. The van der Waals surface area contributed by atoms with Crippen LogP contribution in [0, 0.1) is 37.0 Å². The molecule has 0 aliphatic heterocycles. The van der Waals surface area contributed by atoms with Crippen molar-refractivity contribution in [3.05, 3.63) is 100 Å². The van der Waals surface area contributed by atoms with Crippen molar-refractivity contribution in [2.75, 3.05) is 0 Å². The Labute approximate surface area is 213 Å². The van der Waals surface area contributed by atoms with Crippen molar-refractivity contribution < 1.29 is 0 Å². The van der Waals surface area contributed by atoms with E-state index in [1.807, 2.05) is 0 Å². The van der Waals surface area contributed by atoms with Gasteiger partial charge in [0, 0.05) is 5.92 Å². The second-order valence-corrected chi connectivity index (χ2v) is 12.5. The van der Waals surface area contributed by atoms with E-state index in [1.165, 1.54) is 75.8 Å². The van der Waals surface area contributed by atoms with Crippen molar-refractivity contribution in [1.29, 1.82) is 0 Å². The van der Waals surface area contributed by atoms with Crippen LogP contribution in [0.5, 0.6) is 0 Å². The van der Waals surface area contributed by atoms with E-state index in [9.17, 15) is 0 Å². The SMILES string of the molecule is C=C1C=CC(C)C(=C)C1CC1=Cc2cccc(-c3cc(C)cc(C)c3C[C@@H]3CCC(C)(C)C3)c2C1. The van der Waals surface area contributed by atoms with Gasteiger partial charge in [-0.15, -0.1) is 0 Å². The van der Waals surface area contributed by atoms with Crippen LogP contribution in [0.3, 0.4) is 0 Å². The fourth-order valence-corrected chi connectivity index (χ4v) is 6.96. The van der Waals surface area contributed by atoms with Crippen LogP contribution >= 0.6 is 0 Å². The summed E-state index contributed by atoms with van der Waals surface area (Å²) in [6.45, 7) is 20.5. The van der Waals surface area contributed by atoms with E-state index >= 15 is 0 Å². The van der Waals surface area contributed by atoms with Crippen LogP contribution < -0.4 is 0 Å². The summed E-state index contributed by atoms with van der Waals surface area (Å²) in [6.07, 6.45) is 14.3. The van der Waals surface area contributed by atoms with Gasteiger partial charge in [-0.2, -0.15) is 0 Å². The number of allylic oxidation sites excluding steroid dienone is 5. The minimum atomic E-state index is 0.363. The van der Waals surface area contributed by atoms with Gasteiger partial charge in [-0.1, -0.05) is 99.2 Å². The number of benzene rings is 2. The van der Waals surface area contributed by atoms with Crippen LogP contribution in [-0.4, -0.2) is 0 Å². The topological polar surface area (TPSA) is 0 Å². The summed E-state index contributed by atoms with van der Waals surface area (Å²) in [4.78, 5) is 0. The molecule has 0 heterocycles. The lowest BCUT2D eigenvalue weighted by Gasteiger charge is -2.28. The van der Waals surface area contributed by atoms with Crippen molar-refractivity contribution in [1.82, 2.24) is 0 Å². The summed E-state index contributed by atoms with van der Waals surface area (Å²) in [5, 5.41) is 0. The molecule has 2 aromatic carbocycles. The maximum atomic E-state index is 4.43. The zero-order chi connectivity index (χ0) is 24.9. The molecule has 2 unspecified atom stereocenters. The lowest BCUT2D eigenvalue weighted by Crippen LogP contribution is -2.15. The van der Waals surface area contributed by atoms with Gasteiger partial charge in [-0.25, -0.2) is 0 Å². The molecule has 0 spiro atoms. The fraction of sp³-hybridized carbons (Fsp3) is 0.429. The predicted molar refractivity (Wildman–Crippen MR) is 153 cm³/mol. The molecule has 3 atom stereocenters. The summed E-state index contributed by atoms with van der Waals surface area (Å²) >= 11 is 0. The van der Waals surface area contributed by atoms with Gasteiger partial charge in [-0.05, 0) is 109 Å². The fourth-order valence-electron chi connectivity index (χ4n) is 6.96. The first kappa shape index (κ1) is 24.1. The number of hydrogen-bond donors (Lipinski definition) is 0. The summed E-state index contributed by atoms with van der Waals surface area (Å²) in [5.74, 6) is 1.60. The smallest absolute Gasteiger partial charge is 0.00826 e. The quantitative estimate of drug-likeness (QED) is 0.388. The van der Waals surface area contributed by atoms with E-state index in [0.717, 1.165) is 18.8 Å². The average molecular weight is 463 g/mol. The second kappa shape index (κ2) is 9.12. The van der Waals surface area contributed by atoms with Crippen molar-refractivity contribution in [3.63, 3.8) is 0 Å². The van der Waals surface area contributed by atoms with Crippen LogP contribution in [0.2, 0.25) is 0 Å². The molecule has 0 saturated heterocycles. The minimum absolute atomic E-state index is 0.363. The number of hydrogen-bond acceptors (Lipinski definition) is 0. The van der Waals surface area contributed by atoms with Crippen LogP contribution in [-0.2, 0) is 12.8 Å². The molecule has 35 heavy (non-hydrogen) atoms. The third-order valence-electron chi connectivity index (χ3n) is 8.99. The molecule has 3 aliphatic rings. The zero-order valence-corrected chi connectivity index (χ0v) is 22.5. The van der Waals surface area contributed by atoms with Gasteiger partial charge < -0.3 is 0 Å². The van der Waals surface area contributed by atoms with Gasteiger partial charge in [0.25, 0.3) is 0 Å². The zero-order valence-electron chi connectivity index (χ0n) is 22.5. The van der Waals surface area contributed by atoms with Gasteiger partial charge in [-0.3, -0.25) is 0 Å². The first-order valence-corrected chi connectivity index (χ1v) is 13.6. The lowest BCUT2D eigenvalue weighted by molar-refractivity contribution is 0.360. The summed E-state index contributed by atoms with van der Waals surface area (Å²) in [7, 11) is 0. The maximum absolute atomic E-state index is 4.43. The summed E-state index contributed by atoms with van der Waals surface area (Å²) < 4.78 is 0. The van der Waals surface area contributed by atoms with Gasteiger partial charge in [0.05, 0.1) is 0 Å². The Balaban J connectivity index is 1.45. The van der Waals surface area contributed by atoms with E-state index in [2.05, 4.69) is 96.3 Å². The van der Waals surface area contributed by atoms with Crippen LogP contribution in [0.1, 0.15) is 74.3 Å². The van der Waals surface area contributed by atoms with Crippen LogP contribution in [0.4, 0.5) is 0 Å². The van der Waals surface area contributed by atoms with Crippen molar-refractivity contribution in [2.24, 2.45) is 23.2 Å². The molecule has 0 heteroatoms. The second-order valence-electron chi connectivity index (χ2n) is 12.5. The minimum Gasteiger partial charge on any atom is -0.0986 e. The molecular formula is C35H42. The molecule has 2 aromatic rings. The van der Waals surface area contributed by atoms with Crippen LogP contribution in [0.25, 0.3) is 17.2 Å². The molecule has 5 rings (SSSR count). The first-order chi connectivity index (χ1) is 16.6. The maximum Gasteiger partial charge on any atom is 0.00826 e.